The van der Waals surface area contributed by atoms with Gasteiger partial charge in [0, 0.05) is 27.2 Å². The summed E-state index contributed by atoms with van der Waals surface area (Å²) in [6, 6.07) is 4.57. The molecule has 1 fully saturated rings. The molecule has 0 unspecified atom stereocenters. The summed E-state index contributed by atoms with van der Waals surface area (Å²) in [5, 5.41) is 0. The summed E-state index contributed by atoms with van der Waals surface area (Å²) < 4.78 is 30.1. The van der Waals surface area contributed by atoms with Crippen molar-refractivity contribution in [1.29, 1.82) is 0 Å². The van der Waals surface area contributed by atoms with Gasteiger partial charge in [0.05, 0.1) is 15.9 Å². The number of piperidine rings is 1. The van der Waals surface area contributed by atoms with Crippen molar-refractivity contribution in [2.75, 3.05) is 13.1 Å². The number of fused-ring (bicyclic) bond motifs is 1. The monoisotopic (exact) mass is 365 g/mol. The fraction of sp³-hybridized carbons (Fsp3) is 0.529. The first-order valence-corrected chi connectivity index (χ1v) is 9.77. The van der Waals surface area contributed by atoms with Crippen molar-refractivity contribution in [3.8, 4) is 0 Å². The summed E-state index contributed by atoms with van der Waals surface area (Å²) in [5.74, 6) is 0.619. The predicted molar refractivity (Wildman–Crippen MR) is 96.1 cm³/mol. The molecule has 2 aromatic rings. The maximum Gasteiger partial charge on any atom is 0.316 e. The van der Waals surface area contributed by atoms with Crippen LogP contribution in [0.4, 0.5) is 0 Å². The van der Waals surface area contributed by atoms with Crippen molar-refractivity contribution in [2.45, 2.75) is 25.2 Å². The van der Waals surface area contributed by atoms with Crippen LogP contribution in [0.1, 0.15) is 20.3 Å². The van der Waals surface area contributed by atoms with Gasteiger partial charge in [0.15, 0.2) is 0 Å². The third-order valence-electron chi connectivity index (χ3n) is 4.93. The van der Waals surface area contributed by atoms with Gasteiger partial charge in [0.2, 0.25) is 10.0 Å². The van der Waals surface area contributed by atoms with Gasteiger partial charge in [-0.15, -0.1) is 0 Å². The van der Waals surface area contributed by atoms with Gasteiger partial charge in [0.1, 0.15) is 0 Å². The minimum atomic E-state index is -3.64. The van der Waals surface area contributed by atoms with Crippen LogP contribution in [0, 0.1) is 11.8 Å². The molecule has 8 heteroatoms. The molecule has 1 aliphatic heterocycles. The lowest BCUT2D eigenvalue weighted by Gasteiger charge is -2.34. The Morgan fingerprint density at radius 2 is 1.44 bits per heavy atom. The van der Waals surface area contributed by atoms with Crippen molar-refractivity contribution < 1.29 is 8.42 Å². The molecule has 0 bridgehead atoms. The zero-order chi connectivity index (χ0) is 18.5. The standard InChI is InChI=1S/C17H23N3O4S/c1-11-7-12(2)10-20(9-11)25(23,24)13-5-6-14-15(8-13)19(4)17(22)16(21)18(14)3/h5-6,8,11-12H,7,9-10H2,1-4H3/t11-,12+. The highest BCUT2D eigenvalue weighted by molar-refractivity contribution is 7.89. The zero-order valence-corrected chi connectivity index (χ0v) is 15.7. The third kappa shape index (κ3) is 2.93. The first-order valence-electron chi connectivity index (χ1n) is 8.33. The average Bonchev–Trinajstić information content (AvgIpc) is 2.56. The lowest BCUT2D eigenvalue weighted by atomic mass is 9.94. The molecule has 25 heavy (non-hydrogen) atoms. The van der Waals surface area contributed by atoms with Gasteiger partial charge in [-0.05, 0) is 36.5 Å². The van der Waals surface area contributed by atoms with Crippen LogP contribution in [0.3, 0.4) is 0 Å². The lowest BCUT2D eigenvalue weighted by Crippen LogP contribution is -2.42. The van der Waals surface area contributed by atoms with Crippen LogP contribution in [-0.2, 0) is 24.1 Å². The molecule has 0 aliphatic carbocycles. The quantitative estimate of drug-likeness (QED) is 0.741. The molecule has 0 radical (unpaired) electrons. The Morgan fingerprint density at radius 3 is 2.00 bits per heavy atom. The zero-order valence-electron chi connectivity index (χ0n) is 14.9. The Morgan fingerprint density at radius 1 is 0.920 bits per heavy atom. The van der Waals surface area contributed by atoms with Crippen molar-refractivity contribution in [1.82, 2.24) is 13.4 Å². The highest BCUT2D eigenvalue weighted by atomic mass is 32.2. The van der Waals surface area contributed by atoms with Crippen LogP contribution in [0.2, 0.25) is 0 Å². The minimum Gasteiger partial charge on any atom is -0.305 e. The van der Waals surface area contributed by atoms with Crippen LogP contribution in [-0.4, -0.2) is 34.9 Å². The molecular weight excluding hydrogens is 342 g/mol. The lowest BCUT2D eigenvalue weighted by molar-refractivity contribution is 0.222. The van der Waals surface area contributed by atoms with E-state index in [1.807, 2.05) is 0 Å². The smallest absolute Gasteiger partial charge is 0.305 e. The SMILES string of the molecule is C[C@@H]1C[C@H](C)CN(S(=O)(=O)c2ccc3c(c2)n(C)c(=O)c(=O)n3C)C1. The normalized spacial score (nSPS) is 22.4. The van der Waals surface area contributed by atoms with E-state index in [9.17, 15) is 18.0 Å². The molecule has 1 aromatic heterocycles. The van der Waals surface area contributed by atoms with Crippen LogP contribution >= 0.6 is 0 Å². The van der Waals surface area contributed by atoms with Gasteiger partial charge in [-0.1, -0.05) is 13.8 Å². The Kier molecular flexibility index (Phi) is 4.36. The largest absolute Gasteiger partial charge is 0.316 e. The van der Waals surface area contributed by atoms with E-state index in [0.717, 1.165) is 6.42 Å². The van der Waals surface area contributed by atoms with E-state index < -0.39 is 21.1 Å². The number of aromatic nitrogens is 2. The molecule has 136 valence electrons. The summed E-state index contributed by atoms with van der Waals surface area (Å²) in [7, 11) is -0.653. The number of sulfonamides is 1. The highest BCUT2D eigenvalue weighted by Gasteiger charge is 2.32. The number of nitrogens with zero attached hydrogens (tertiary/aromatic N) is 3. The predicted octanol–water partition coefficient (Wildman–Crippen LogP) is 0.904. The Labute approximate surface area is 146 Å². The van der Waals surface area contributed by atoms with E-state index >= 15 is 0 Å². The fourth-order valence-corrected chi connectivity index (χ4v) is 5.37. The molecular formula is C17H23N3O4S. The highest BCUT2D eigenvalue weighted by Crippen LogP contribution is 2.27. The molecule has 1 aromatic carbocycles. The van der Waals surface area contributed by atoms with Crippen molar-refractivity contribution in [2.24, 2.45) is 25.9 Å². The maximum absolute atomic E-state index is 13.0. The van der Waals surface area contributed by atoms with Crippen molar-refractivity contribution >= 4 is 21.1 Å². The van der Waals surface area contributed by atoms with Gasteiger partial charge < -0.3 is 9.13 Å². The maximum atomic E-state index is 13.0. The first kappa shape index (κ1) is 17.9. The van der Waals surface area contributed by atoms with E-state index in [4.69, 9.17) is 0 Å². The second-order valence-corrected chi connectivity index (χ2v) is 9.08. The summed E-state index contributed by atoms with van der Waals surface area (Å²) in [5.41, 5.74) is -0.369. The molecule has 0 amide bonds. The summed E-state index contributed by atoms with van der Waals surface area (Å²) in [6.07, 6.45) is 1.01. The van der Waals surface area contributed by atoms with Crippen molar-refractivity contribution in [3.63, 3.8) is 0 Å². The number of aryl methyl sites for hydroxylation is 2. The number of benzene rings is 1. The van der Waals surface area contributed by atoms with Gasteiger partial charge in [-0.3, -0.25) is 9.59 Å². The van der Waals surface area contributed by atoms with Crippen LogP contribution in [0.5, 0.6) is 0 Å². The molecule has 0 N–H and O–H groups in total. The van der Waals surface area contributed by atoms with Crippen LogP contribution < -0.4 is 11.1 Å². The Bertz CT molecular complexity index is 1040. The molecule has 0 saturated carbocycles. The number of hydrogen-bond acceptors (Lipinski definition) is 4. The summed E-state index contributed by atoms with van der Waals surface area (Å²) in [4.78, 5) is 24.1. The Balaban J connectivity index is 2.16. The van der Waals surface area contributed by atoms with Crippen molar-refractivity contribution in [3.05, 3.63) is 38.9 Å². The summed E-state index contributed by atoms with van der Waals surface area (Å²) in [6.45, 7) is 5.10. The third-order valence-corrected chi connectivity index (χ3v) is 6.76. The second-order valence-electron chi connectivity index (χ2n) is 7.15. The second kappa shape index (κ2) is 6.10. The molecule has 2 heterocycles. The Hall–Kier alpha value is -1.93. The molecule has 1 saturated heterocycles. The van der Waals surface area contributed by atoms with Gasteiger partial charge >= 0.3 is 11.1 Å². The first-order chi connectivity index (χ1) is 11.6. The molecule has 7 nitrogen and oxygen atoms in total. The van der Waals surface area contributed by atoms with Gasteiger partial charge in [0.25, 0.3) is 0 Å². The van der Waals surface area contributed by atoms with Crippen LogP contribution in [0.25, 0.3) is 11.0 Å². The van der Waals surface area contributed by atoms with Gasteiger partial charge in [-0.2, -0.15) is 4.31 Å². The van der Waals surface area contributed by atoms with E-state index in [2.05, 4.69) is 13.8 Å². The number of hydrogen-bond donors (Lipinski definition) is 0. The molecule has 2 atom stereocenters. The van der Waals surface area contributed by atoms with Crippen LogP contribution in [0.15, 0.2) is 32.7 Å². The van der Waals surface area contributed by atoms with Gasteiger partial charge in [-0.25, -0.2) is 8.42 Å². The van der Waals surface area contributed by atoms with E-state index in [1.165, 1.54) is 39.7 Å². The minimum absolute atomic E-state index is 0.148. The molecule has 1 aliphatic rings. The average molecular weight is 365 g/mol. The van der Waals surface area contributed by atoms with E-state index in [1.54, 1.807) is 6.07 Å². The van der Waals surface area contributed by atoms with E-state index in [0.29, 0.717) is 36.0 Å². The number of rotatable bonds is 2. The molecule has 3 rings (SSSR count). The topological polar surface area (TPSA) is 81.4 Å². The van der Waals surface area contributed by atoms with E-state index in [-0.39, 0.29) is 4.90 Å². The fourth-order valence-electron chi connectivity index (χ4n) is 3.67. The summed E-state index contributed by atoms with van der Waals surface area (Å²) >= 11 is 0. The molecule has 0 spiro atoms.